The number of halogens is 1. The second kappa shape index (κ2) is 18.8. The molecule has 0 aliphatic carbocycles. The van der Waals surface area contributed by atoms with Crippen LogP contribution in [-0.4, -0.2) is 35.8 Å². The average Bonchev–Trinajstić information content (AvgIpc) is 3.14. The molecule has 0 unspecified atom stereocenters. The summed E-state index contributed by atoms with van der Waals surface area (Å²) in [5.41, 5.74) is 7.22. The van der Waals surface area contributed by atoms with E-state index in [4.69, 9.17) is 29.0 Å². The molecule has 0 radical (unpaired) electrons. The van der Waals surface area contributed by atoms with Crippen LogP contribution in [-0.2, 0) is 0 Å². The quantitative estimate of drug-likeness (QED) is 0.116. The molecule has 2 aromatic heterocycles. The number of methoxy groups -OCH3 is 4. The maximum absolute atomic E-state index is 9.89. The highest BCUT2D eigenvalue weighted by Crippen LogP contribution is 2.35. The van der Waals surface area contributed by atoms with Crippen molar-refractivity contribution >= 4 is 30.1 Å². The molecule has 0 aliphatic rings. The lowest BCUT2D eigenvalue weighted by Gasteiger charge is -2.09. The minimum absolute atomic E-state index is 0.875. The van der Waals surface area contributed by atoms with Crippen molar-refractivity contribution in [3.63, 3.8) is 0 Å². The first kappa shape index (κ1) is 37.9. The fourth-order valence-electron chi connectivity index (χ4n) is 4.96. The zero-order valence-corrected chi connectivity index (χ0v) is 30.4. The number of hydrogen-bond acceptors (Lipinski definition) is 8. The molecular formula is C40H38BFO6S2. The van der Waals surface area contributed by atoms with Gasteiger partial charge in [0.25, 0.3) is 0 Å². The van der Waals surface area contributed by atoms with Crippen molar-refractivity contribution in [3.05, 3.63) is 131 Å². The maximum atomic E-state index is 9.89. The predicted octanol–water partition coefficient (Wildman–Crippen LogP) is 9.04. The van der Waals surface area contributed by atoms with Crippen molar-refractivity contribution < 1.29 is 33.3 Å². The normalized spacial score (nSPS) is 10.1. The van der Waals surface area contributed by atoms with E-state index in [0.29, 0.717) is 0 Å². The molecule has 4 aromatic carbocycles. The van der Waals surface area contributed by atoms with E-state index in [1.165, 1.54) is 52.9 Å². The van der Waals surface area contributed by atoms with Crippen LogP contribution in [0.15, 0.2) is 121 Å². The molecule has 0 saturated carbocycles. The van der Waals surface area contributed by atoms with Gasteiger partial charge in [-0.3, -0.25) is 0 Å². The van der Waals surface area contributed by atoms with Crippen molar-refractivity contribution in [2.75, 3.05) is 28.4 Å². The monoisotopic (exact) mass is 708 g/mol. The summed E-state index contributed by atoms with van der Waals surface area (Å²) in [6.45, 7) is 4.29. The summed E-state index contributed by atoms with van der Waals surface area (Å²) < 4.78 is 30.8. The second-order valence-electron chi connectivity index (χ2n) is 10.8. The first-order chi connectivity index (χ1) is 24.1. The smallest absolute Gasteiger partial charge is 0.139 e. The lowest BCUT2D eigenvalue weighted by Crippen LogP contribution is -2.39. The van der Waals surface area contributed by atoms with Crippen LogP contribution in [0.5, 0.6) is 23.0 Å². The summed E-state index contributed by atoms with van der Waals surface area (Å²) in [7, 11) is 3.58. The fourth-order valence-corrected chi connectivity index (χ4v) is 6.91. The molecule has 0 amide bonds. The highest BCUT2D eigenvalue weighted by Gasteiger charge is 2.15. The van der Waals surface area contributed by atoms with Gasteiger partial charge in [-0.1, -0.05) is 0 Å². The number of aryl methyl sites for hydroxylation is 2. The van der Waals surface area contributed by atoms with Crippen LogP contribution in [0.25, 0.3) is 43.1 Å². The van der Waals surface area contributed by atoms with E-state index in [-0.39, 0.29) is 0 Å². The topological polar surface area (TPSA) is 83.0 Å². The molecule has 0 fully saturated rings. The Balaban J connectivity index is 0.000000203. The van der Waals surface area contributed by atoms with E-state index in [1.807, 2.05) is 48.5 Å². The van der Waals surface area contributed by atoms with Gasteiger partial charge in [0.1, 0.15) is 49.9 Å². The second-order valence-corrected chi connectivity index (χ2v) is 13.4. The summed E-state index contributed by atoms with van der Waals surface area (Å²) in [5.74, 6) is 3.50. The van der Waals surface area contributed by atoms with Gasteiger partial charge < -0.3 is 33.3 Å². The van der Waals surface area contributed by atoms with E-state index < -0.39 is 7.40 Å². The molecule has 6 rings (SSSR count). The van der Waals surface area contributed by atoms with Gasteiger partial charge in [-0.25, -0.2) is 0 Å². The minimum Gasteiger partial charge on any atom is -0.867 e. The van der Waals surface area contributed by atoms with Crippen molar-refractivity contribution in [2.45, 2.75) is 13.8 Å². The Morgan fingerprint density at radius 2 is 0.700 bits per heavy atom. The first-order valence-corrected chi connectivity index (χ1v) is 17.2. The number of ether oxygens (including phenoxy) is 4. The van der Waals surface area contributed by atoms with Gasteiger partial charge >= 0.3 is 0 Å². The largest absolute Gasteiger partial charge is 0.867 e. The average molecular weight is 709 g/mol. The molecule has 0 spiro atoms. The maximum Gasteiger partial charge on any atom is 0.139 e. The predicted molar refractivity (Wildman–Crippen MR) is 202 cm³/mol. The summed E-state index contributed by atoms with van der Waals surface area (Å²) in [6.07, 6.45) is 0. The fraction of sp³-hybridized carbons (Fsp3) is 0.150. The van der Waals surface area contributed by atoms with Crippen LogP contribution in [0.1, 0.15) is 9.75 Å². The van der Waals surface area contributed by atoms with Crippen LogP contribution >= 0.6 is 22.7 Å². The summed E-state index contributed by atoms with van der Waals surface area (Å²) in [6, 6.07) is 41.7. The van der Waals surface area contributed by atoms with E-state index in [9.17, 15) is 4.32 Å². The molecule has 6 aromatic rings. The Hall–Kier alpha value is -4.87. The molecule has 6 nitrogen and oxygen atoms in total. The lowest BCUT2D eigenvalue weighted by atomic mass is 10.0. The molecule has 0 N–H and O–H groups in total. The molecule has 0 saturated heterocycles. The Labute approximate surface area is 301 Å². The molecule has 0 atom stereocenters. The van der Waals surface area contributed by atoms with Crippen molar-refractivity contribution in [3.8, 4) is 66.1 Å². The van der Waals surface area contributed by atoms with Gasteiger partial charge in [0, 0.05) is 36.1 Å². The SMILES string of the molecule is COc1ccc(-c2cc(-c3ccc(OC)cc3)s[c+](C)c2)cc1.COc1ccc(-c2cc(-c3ccc(OC)cc3)s[c+](C)c2)cc1.[O-]B([O-])F. The number of benzene rings is 4. The minimum atomic E-state index is -3.17. The molecule has 2 heterocycles. The lowest BCUT2D eigenvalue weighted by molar-refractivity contribution is -0.366. The summed E-state index contributed by atoms with van der Waals surface area (Å²) in [4.78, 5) is 5.06. The number of rotatable bonds is 8. The highest BCUT2D eigenvalue weighted by atomic mass is 32.1. The Kier molecular flexibility index (Phi) is 14.2. The third-order valence-electron chi connectivity index (χ3n) is 7.43. The van der Waals surface area contributed by atoms with Crippen LogP contribution in [0.3, 0.4) is 0 Å². The molecule has 256 valence electrons. The van der Waals surface area contributed by atoms with Gasteiger partial charge in [-0.15, -0.1) is 0 Å². The van der Waals surface area contributed by atoms with E-state index >= 15 is 0 Å². The zero-order chi connectivity index (χ0) is 36.0. The van der Waals surface area contributed by atoms with Gasteiger partial charge in [0.15, 0.2) is 0 Å². The van der Waals surface area contributed by atoms with E-state index in [0.717, 1.165) is 23.0 Å². The third-order valence-corrected chi connectivity index (χ3v) is 9.45. The Morgan fingerprint density at radius 1 is 0.460 bits per heavy atom. The zero-order valence-electron chi connectivity index (χ0n) is 28.8. The van der Waals surface area contributed by atoms with E-state index in [2.05, 4.69) is 86.6 Å². The van der Waals surface area contributed by atoms with Crippen LogP contribution in [0, 0.1) is 13.8 Å². The van der Waals surface area contributed by atoms with Gasteiger partial charge in [0.05, 0.1) is 63.8 Å². The molecule has 0 bridgehead atoms. The molecule has 0 aliphatic heterocycles. The Morgan fingerprint density at radius 3 is 0.940 bits per heavy atom. The van der Waals surface area contributed by atoms with Gasteiger partial charge in [-0.05, 0) is 120 Å². The van der Waals surface area contributed by atoms with Crippen LogP contribution in [0.2, 0.25) is 0 Å². The van der Waals surface area contributed by atoms with Crippen molar-refractivity contribution in [2.24, 2.45) is 0 Å². The third kappa shape index (κ3) is 11.1. The molecule has 50 heavy (non-hydrogen) atoms. The standard InChI is InChI=1S/2C20H19O2S.BFO2/c2*1-14-12-17(15-4-8-18(21-2)9-5-15)13-20(23-14)16-6-10-19(22-3)11-7-16;2-1(3)4/h2*4-13H,1-3H3;/q2*+1;-2. The highest BCUT2D eigenvalue weighted by molar-refractivity contribution is 7.15. The van der Waals surface area contributed by atoms with Gasteiger partial charge in [0.2, 0.25) is 0 Å². The summed E-state index contributed by atoms with van der Waals surface area (Å²) in [5, 5.41) is 16.6. The molecular weight excluding hydrogens is 670 g/mol. The number of hydrogen-bond donors (Lipinski definition) is 0. The van der Waals surface area contributed by atoms with E-state index in [1.54, 1.807) is 51.1 Å². The Bertz CT molecular complexity index is 1660. The first-order valence-electron chi connectivity index (χ1n) is 15.6. The van der Waals surface area contributed by atoms with Crippen LogP contribution < -0.4 is 29.0 Å². The van der Waals surface area contributed by atoms with Crippen LogP contribution in [0.4, 0.5) is 4.32 Å². The molecule has 10 heteroatoms. The summed E-state index contributed by atoms with van der Waals surface area (Å²) >= 11 is 3.59. The van der Waals surface area contributed by atoms with Crippen molar-refractivity contribution in [1.82, 2.24) is 0 Å². The van der Waals surface area contributed by atoms with Gasteiger partial charge in [-0.2, -0.15) is 0 Å². The van der Waals surface area contributed by atoms with Crippen molar-refractivity contribution in [1.29, 1.82) is 0 Å².